The Labute approximate surface area is 114 Å². The van der Waals surface area contributed by atoms with E-state index in [4.69, 9.17) is 4.52 Å². The average molecular weight is 256 g/mol. The molecule has 0 aliphatic heterocycles. The Kier molecular flexibility index (Phi) is 3.62. The quantitative estimate of drug-likeness (QED) is 0.824. The minimum absolute atomic E-state index is 0.710. The van der Waals surface area contributed by atoms with E-state index in [2.05, 4.69) is 29.2 Å². The van der Waals surface area contributed by atoms with Gasteiger partial charge in [-0.3, -0.25) is 0 Å². The Balaban J connectivity index is 1.63. The molecular formula is C16H20N2O. The summed E-state index contributed by atoms with van der Waals surface area (Å²) in [4.78, 5) is 4.49. The molecule has 2 aromatic rings. The van der Waals surface area contributed by atoms with Gasteiger partial charge in [-0.2, -0.15) is 4.98 Å². The van der Waals surface area contributed by atoms with E-state index in [-0.39, 0.29) is 0 Å². The maximum Gasteiger partial charge on any atom is 0.226 e. The molecule has 0 atom stereocenters. The van der Waals surface area contributed by atoms with E-state index in [1.54, 1.807) is 0 Å². The minimum atomic E-state index is 0.710. The summed E-state index contributed by atoms with van der Waals surface area (Å²) in [6.45, 7) is 2.08. The number of rotatable bonds is 4. The molecule has 3 heteroatoms. The second kappa shape index (κ2) is 5.55. The average Bonchev–Trinajstić information content (AvgIpc) is 3.09. The van der Waals surface area contributed by atoms with Crippen molar-refractivity contribution in [2.45, 2.75) is 45.4 Å². The lowest BCUT2D eigenvalue weighted by atomic mass is 10.0. The van der Waals surface area contributed by atoms with Crippen molar-refractivity contribution in [3.63, 3.8) is 0 Å². The van der Waals surface area contributed by atoms with Crippen LogP contribution in [0.2, 0.25) is 0 Å². The Morgan fingerprint density at radius 1 is 1.16 bits per heavy atom. The van der Waals surface area contributed by atoms with Gasteiger partial charge in [0, 0.05) is 12.0 Å². The molecule has 1 saturated carbocycles. The van der Waals surface area contributed by atoms with Crippen LogP contribution in [0.3, 0.4) is 0 Å². The number of hydrogen-bond donors (Lipinski definition) is 0. The van der Waals surface area contributed by atoms with E-state index < -0.39 is 0 Å². The van der Waals surface area contributed by atoms with Gasteiger partial charge in [0.15, 0.2) is 0 Å². The van der Waals surface area contributed by atoms with Crippen molar-refractivity contribution >= 4 is 0 Å². The fourth-order valence-corrected chi connectivity index (χ4v) is 2.80. The van der Waals surface area contributed by atoms with Crippen LogP contribution in [0.15, 0.2) is 28.8 Å². The Morgan fingerprint density at radius 2 is 1.89 bits per heavy atom. The van der Waals surface area contributed by atoms with Gasteiger partial charge in [-0.15, -0.1) is 0 Å². The van der Waals surface area contributed by atoms with Gasteiger partial charge in [-0.1, -0.05) is 60.7 Å². The number of aryl methyl sites for hydroxylation is 2. The molecule has 100 valence electrons. The molecule has 0 radical (unpaired) electrons. The molecule has 1 fully saturated rings. The summed E-state index contributed by atoms with van der Waals surface area (Å²) in [5.41, 5.74) is 2.27. The summed E-state index contributed by atoms with van der Waals surface area (Å²) in [5.74, 6) is 2.36. The molecule has 19 heavy (non-hydrogen) atoms. The highest BCUT2D eigenvalue weighted by Gasteiger charge is 2.16. The fourth-order valence-electron chi connectivity index (χ4n) is 2.80. The molecule has 0 spiro atoms. The molecule has 1 aliphatic carbocycles. The van der Waals surface area contributed by atoms with Gasteiger partial charge in [0.1, 0.15) is 0 Å². The molecule has 0 N–H and O–H groups in total. The van der Waals surface area contributed by atoms with E-state index in [1.165, 1.54) is 37.7 Å². The summed E-state index contributed by atoms with van der Waals surface area (Å²) in [6.07, 6.45) is 7.64. The standard InChI is InChI=1S/C16H20N2O/c1-12-6-9-14(10-7-12)16-17-15(19-18-16)11-8-13-4-2-3-5-13/h6-7,9-10,13H,2-5,8,11H2,1H3. The molecule has 0 bridgehead atoms. The van der Waals surface area contributed by atoms with Crippen LogP contribution in [0.5, 0.6) is 0 Å². The van der Waals surface area contributed by atoms with Crippen LogP contribution in [-0.4, -0.2) is 10.1 Å². The van der Waals surface area contributed by atoms with Crippen LogP contribution in [0.4, 0.5) is 0 Å². The molecule has 3 rings (SSSR count). The monoisotopic (exact) mass is 256 g/mol. The Hall–Kier alpha value is -1.64. The van der Waals surface area contributed by atoms with Gasteiger partial charge in [-0.05, 0) is 19.3 Å². The van der Waals surface area contributed by atoms with Crippen LogP contribution in [0, 0.1) is 12.8 Å². The third-order valence-electron chi connectivity index (χ3n) is 4.02. The van der Waals surface area contributed by atoms with Crippen molar-refractivity contribution in [1.29, 1.82) is 0 Å². The third-order valence-corrected chi connectivity index (χ3v) is 4.02. The van der Waals surface area contributed by atoms with Crippen molar-refractivity contribution in [3.05, 3.63) is 35.7 Å². The molecule has 1 aromatic heterocycles. The van der Waals surface area contributed by atoms with E-state index in [0.717, 1.165) is 23.8 Å². The van der Waals surface area contributed by atoms with Crippen molar-refractivity contribution in [2.75, 3.05) is 0 Å². The van der Waals surface area contributed by atoms with Gasteiger partial charge < -0.3 is 4.52 Å². The molecule has 1 heterocycles. The van der Waals surface area contributed by atoms with Crippen LogP contribution >= 0.6 is 0 Å². The van der Waals surface area contributed by atoms with Gasteiger partial charge in [-0.25, -0.2) is 0 Å². The third kappa shape index (κ3) is 3.03. The highest BCUT2D eigenvalue weighted by molar-refractivity contribution is 5.54. The van der Waals surface area contributed by atoms with Crippen molar-refractivity contribution in [2.24, 2.45) is 5.92 Å². The first-order chi connectivity index (χ1) is 9.31. The molecule has 0 saturated heterocycles. The Morgan fingerprint density at radius 3 is 2.63 bits per heavy atom. The van der Waals surface area contributed by atoms with Gasteiger partial charge in [0.05, 0.1) is 0 Å². The van der Waals surface area contributed by atoms with Gasteiger partial charge in [0.2, 0.25) is 11.7 Å². The van der Waals surface area contributed by atoms with Crippen LogP contribution < -0.4 is 0 Å². The van der Waals surface area contributed by atoms with Gasteiger partial charge >= 0.3 is 0 Å². The molecule has 0 unspecified atom stereocenters. The van der Waals surface area contributed by atoms with Crippen molar-refractivity contribution < 1.29 is 4.52 Å². The van der Waals surface area contributed by atoms with Crippen LogP contribution in [0.25, 0.3) is 11.4 Å². The summed E-state index contributed by atoms with van der Waals surface area (Å²) in [5, 5.41) is 4.08. The topological polar surface area (TPSA) is 38.9 Å². The predicted octanol–water partition coefficient (Wildman–Crippen LogP) is 4.17. The SMILES string of the molecule is Cc1ccc(-c2noc(CCC3CCCC3)n2)cc1. The number of nitrogens with zero attached hydrogens (tertiary/aromatic N) is 2. The largest absolute Gasteiger partial charge is 0.339 e. The molecular weight excluding hydrogens is 236 g/mol. The molecule has 1 aromatic carbocycles. The fraction of sp³-hybridized carbons (Fsp3) is 0.500. The van der Waals surface area contributed by atoms with E-state index in [0.29, 0.717) is 5.82 Å². The first kappa shape index (κ1) is 12.4. The summed E-state index contributed by atoms with van der Waals surface area (Å²) in [7, 11) is 0. The van der Waals surface area contributed by atoms with Crippen LogP contribution in [0.1, 0.15) is 43.6 Å². The summed E-state index contributed by atoms with van der Waals surface area (Å²) in [6, 6.07) is 8.23. The van der Waals surface area contributed by atoms with E-state index >= 15 is 0 Å². The van der Waals surface area contributed by atoms with Crippen LogP contribution in [-0.2, 0) is 6.42 Å². The lowest BCUT2D eigenvalue weighted by Gasteiger charge is -2.04. The van der Waals surface area contributed by atoms with Crippen molar-refractivity contribution in [3.8, 4) is 11.4 Å². The maximum atomic E-state index is 5.35. The number of aromatic nitrogens is 2. The summed E-state index contributed by atoms with van der Waals surface area (Å²) < 4.78 is 5.35. The second-order valence-electron chi connectivity index (χ2n) is 5.57. The number of hydrogen-bond acceptors (Lipinski definition) is 3. The lowest BCUT2D eigenvalue weighted by Crippen LogP contribution is -1.96. The predicted molar refractivity (Wildman–Crippen MR) is 74.8 cm³/mol. The normalized spacial score (nSPS) is 16.1. The Bertz CT molecular complexity index is 524. The number of benzene rings is 1. The van der Waals surface area contributed by atoms with Crippen molar-refractivity contribution in [1.82, 2.24) is 10.1 Å². The van der Waals surface area contributed by atoms with Gasteiger partial charge in [0.25, 0.3) is 0 Å². The highest BCUT2D eigenvalue weighted by Crippen LogP contribution is 2.28. The first-order valence-corrected chi connectivity index (χ1v) is 7.21. The smallest absolute Gasteiger partial charge is 0.226 e. The van der Waals surface area contributed by atoms with E-state index in [1.807, 2.05) is 12.1 Å². The first-order valence-electron chi connectivity index (χ1n) is 7.21. The zero-order chi connectivity index (χ0) is 13.1. The van der Waals surface area contributed by atoms with E-state index in [9.17, 15) is 0 Å². The molecule has 0 amide bonds. The maximum absolute atomic E-state index is 5.35. The molecule has 3 nitrogen and oxygen atoms in total. The summed E-state index contributed by atoms with van der Waals surface area (Å²) >= 11 is 0. The zero-order valence-corrected chi connectivity index (χ0v) is 11.4. The lowest BCUT2D eigenvalue weighted by molar-refractivity contribution is 0.362. The second-order valence-corrected chi connectivity index (χ2v) is 5.57. The zero-order valence-electron chi connectivity index (χ0n) is 11.4. The molecule has 1 aliphatic rings. The highest BCUT2D eigenvalue weighted by atomic mass is 16.5. The minimum Gasteiger partial charge on any atom is -0.339 e.